The topological polar surface area (TPSA) is 185 Å². The number of hydrogen-bond acceptors (Lipinski definition) is 7. The highest BCUT2D eigenvalue weighted by molar-refractivity contribution is 7.52. The van der Waals surface area contributed by atoms with Crippen LogP contribution in [0.5, 0.6) is 0 Å². The van der Waals surface area contributed by atoms with Crippen LogP contribution in [0.2, 0.25) is 0 Å². The largest absolute Gasteiger partial charge is 0.352 e. The van der Waals surface area contributed by atoms with Gasteiger partial charge in [0, 0.05) is 29.6 Å². The number of hydrogen-bond donors (Lipinski definition) is 3. The maximum absolute atomic E-state index is 11.9. The molecule has 1 saturated heterocycles. The van der Waals surface area contributed by atoms with Crippen molar-refractivity contribution < 1.29 is 18.7 Å². The quantitative estimate of drug-likeness (QED) is 0.259. The van der Waals surface area contributed by atoms with Crippen molar-refractivity contribution in [3.63, 3.8) is 0 Å². The van der Waals surface area contributed by atoms with Crippen molar-refractivity contribution in [2.75, 3.05) is 19.3 Å². The standard InChI is InChI=1S/C12H19N6O6P/c1-7-5-18(12(20)15-11(7)19)10-4-8(16-17-14)9(24-10)6-23-25(21,22)3-2-13/h5,8-10H,2-4,6,13H2,1H3,(H,21,22)(H,15,19,20)/t8-,9+,10+/m0/s1. The molecule has 25 heavy (non-hydrogen) atoms. The molecule has 0 saturated carbocycles. The van der Waals surface area contributed by atoms with Crippen LogP contribution < -0.4 is 17.0 Å². The number of azide groups is 1. The second-order valence-electron chi connectivity index (χ2n) is 5.56. The van der Waals surface area contributed by atoms with Gasteiger partial charge in [0.05, 0.1) is 24.9 Å². The van der Waals surface area contributed by atoms with E-state index in [9.17, 15) is 19.0 Å². The first-order chi connectivity index (χ1) is 11.8. The number of ether oxygens (including phenoxy) is 1. The van der Waals surface area contributed by atoms with Gasteiger partial charge in [0.2, 0.25) is 0 Å². The minimum atomic E-state index is -3.86. The number of nitrogens with two attached hydrogens (primary N) is 1. The average Bonchev–Trinajstić information content (AvgIpc) is 2.92. The molecule has 1 aliphatic rings. The summed E-state index contributed by atoms with van der Waals surface area (Å²) in [6, 6.07) is -0.702. The Morgan fingerprint density at radius 3 is 3.00 bits per heavy atom. The van der Waals surface area contributed by atoms with Gasteiger partial charge < -0.3 is 19.9 Å². The number of H-pyrrole nitrogens is 1. The third kappa shape index (κ3) is 4.79. The molecule has 2 rings (SSSR count). The van der Waals surface area contributed by atoms with Crippen molar-refractivity contribution in [3.8, 4) is 0 Å². The number of aromatic nitrogens is 2. The molecule has 1 aliphatic heterocycles. The van der Waals surface area contributed by atoms with E-state index in [0.717, 1.165) is 0 Å². The lowest BCUT2D eigenvalue weighted by molar-refractivity contribution is -0.0239. The van der Waals surface area contributed by atoms with E-state index in [1.165, 1.54) is 17.7 Å². The lowest BCUT2D eigenvalue weighted by Crippen LogP contribution is -2.33. The molecular formula is C12H19N6O6P. The smallest absolute Gasteiger partial charge is 0.330 e. The summed E-state index contributed by atoms with van der Waals surface area (Å²) in [5.74, 6) is 0. The lowest BCUT2D eigenvalue weighted by atomic mass is 10.1. The Morgan fingerprint density at radius 2 is 2.36 bits per heavy atom. The van der Waals surface area contributed by atoms with Gasteiger partial charge in [0.25, 0.3) is 5.56 Å². The molecule has 13 heteroatoms. The Kier molecular flexibility index (Phi) is 6.17. The van der Waals surface area contributed by atoms with Gasteiger partial charge in [-0.2, -0.15) is 0 Å². The van der Waals surface area contributed by atoms with Crippen molar-refractivity contribution in [2.24, 2.45) is 10.8 Å². The fourth-order valence-electron chi connectivity index (χ4n) is 2.44. The second kappa shape index (κ2) is 7.96. The van der Waals surface area contributed by atoms with Crippen LogP contribution >= 0.6 is 7.60 Å². The monoisotopic (exact) mass is 374 g/mol. The van der Waals surface area contributed by atoms with E-state index in [0.29, 0.717) is 5.56 Å². The third-order valence-electron chi connectivity index (χ3n) is 3.71. The molecule has 138 valence electrons. The van der Waals surface area contributed by atoms with E-state index in [1.54, 1.807) is 0 Å². The predicted molar refractivity (Wildman–Crippen MR) is 87.2 cm³/mol. The van der Waals surface area contributed by atoms with Gasteiger partial charge >= 0.3 is 13.3 Å². The van der Waals surface area contributed by atoms with Crippen LogP contribution in [0.25, 0.3) is 10.4 Å². The van der Waals surface area contributed by atoms with Crippen molar-refractivity contribution in [1.82, 2.24) is 9.55 Å². The van der Waals surface area contributed by atoms with E-state index < -0.39 is 37.2 Å². The average molecular weight is 374 g/mol. The van der Waals surface area contributed by atoms with Gasteiger partial charge in [0.1, 0.15) is 6.23 Å². The highest BCUT2D eigenvalue weighted by atomic mass is 31.2. The van der Waals surface area contributed by atoms with Gasteiger partial charge in [-0.25, -0.2) is 4.79 Å². The Balaban J connectivity index is 2.19. The summed E-state index contributed by atoms with van der Waals surface area (Å²) >= 11 is 0. The van der Waals surface area contributed by atoms with Gasteiger partial charge in [-0.05, 0) is 12.5 Å². The Hall–Kier alpha value is -1.94. The van der Waals surface area contributed by atoms with E-state index in [1.807, 2.05) is 0 Å². The number of nitrogens with one attached hydrogen (secondary N) is 1. The van der Waals surface area contributed by atoms with Crippen LogP contribution in [0.1, 0.15) is 18.2 Å². The molecule has 0 aromatic carbocycles. The fraction of sp³-hybridized carbons (Fsp3) is 0.667. The molecule has 4 N–H and O–H groups in total. The molecule has 1 aromatic rings. The first-order valence-electron chi connectivity index (χ1n) is 7.45. The van der Waals surface area contributed by atoms with Crippen LogP contribution in [0.4, 0.5) is 0 Å². The number of rotatable bonds is 7. The van der Waals surface area contributed by atoms with Gasteiger partial charge in [-0.15, -0.1) is 0 Å². The van der Waals surface area contributed by atoms with Crippen molar-refractivity contribution in [2.45, 2.75) is 31.7 Å². The first kappa shape index (κ1) is 19.4. The Bertz CT molecular complexity index is 830. The summed E-state index contributed by atoms with van der Waals surface area (Å²) in [5, 5.41) is 3.59. The number of nitrogens with zero attached hydrogens (tertiary/aromatic N) is 4. The zero-order valence-corrected chi connectivity index (χ0v) is 14.3. The van der Waals surface area contributed by atoms with Crippen LogP contribution in [0, 0.1) is 6.92 Å². The van der Waals surface area contributed by atoms with Crippen molar-refractivity contribution in [1.29, 1.82) is 0 Å². The van der Waals surface area contributed by atoms with E-state index >= 15 is 0 Å². The SMILES string of the molecule is Cc1cn([C@H]2C[C@H](N=[N+]=[N-])[C@@H](COP(=O)(O)CCN)O2)c(=O)[nH]c1=O. The summed E-state index contributed by atoms with van der Waals surface area (Å²) in [6.07, 6.45) is -0.351. The number of aromatic amines is 1. The van der Waals surface area contributed by atoms with E-state index in [4.69, 9.17) is 20.5 Å². The van der Waals surface area contributed by atoms with Crippen LogP contribution in [-0.4, -0.2) is 45.9 Å². The third-order valence-corrected chi connectivity index (χ3v) is 5.09. The highest BCUT2D eigenvalue weighted by Crippen LogP contribution is 2.42. The minimum absolute atomic E-state index is 0.0201. The van der Waals surface area contributed by atoms with Crippen LogP contribution in [0.15, 0.2) is 20.9 Å². The molecule has 4 atom stereocenters. The molecule has 1 aromatic heterocycles. The minimum Gasteiger partial charge on any atom is -0.352 e. The van der Waals surface area contributed by atoms with Gasteiger partial charge in [-0.1, -0.05) is 5.11 Å². The van der Waals surface area contributed by atoms with Gasteiger partial charge in [0.15, 0.2) is 0 Å². The molecule has 2 heterocycles. The molecule has 0 radical (unpaired) electrons. The van der Waals surface area contributed by atoms with Gasteiger partial charge in [-0.3, -0.25) is 18.9 Å². The van der Waals surface area contributed by atoms with Crippen LogP contribution in [-0.2, 0) is 13.8 Å². The molecule has 1 unspecified atom stereocenters. The summed E-state index contributed by atoms with van der Waals surface area (Å²) in [4.78, 5) is 37.9. The molecular weight excluding hydrogens is 355 g/mol. The highest BCUT2D eigenvalue weighted by Gasteiger charge is 2.37. The number of aryl methyl sites for hydroxylation is 1. The summed E-state index contributed by atoms with van der Waals surface area (Å²) in [5.41, 5.74) is 13.0. The van der Waals surface area contributed by atoms with Crippen molar-refractivity contribution in [3.05, 3.63) is 43.0 Å². The maximum Gasteiger partial charge on any atom is 0.330 e. The fourth-order valence-corrected chi connectivity index (χ4v) is 3.28. The lowest BCUT2D eigenvalue weighted by Gasteiger charge is -2.18. The molecule has 0 bridgehead atoms. The summed E-state index contributed by atoms with van der Waals surface area (Å²) in [7, 11) is -3.86. The zero-order chi connectivity index (χ0) is 18.6. The summed E-state index contributed by atoms with van der Waals surface area (Å²) < 4.78 is 23.5. The predicted octanol–water partition coefficient (Wildman–Crippen LogP) is -0.0279. The Morgan fingerprint density at radius 1 is 1.64 bits per heavy atom. The first-order valence-corrected chi connectivity index (χ1v) is 9.22. The summed E-state index contributed by atoms with van der Waals surface area (Å²) in [6.45, 7) is 1.21. The molecule has 0 amide bonds. The second-order valence-corrected chi connectivity index (χ2v) is 7.54. The van der Waals surface area contributed by atoms with E-state index in [2.05, 4.69) is 15.0 Å². The molecule has 0 spiro atoms. The maximum atomic E-state index is 11.9. The van der Waals surface area contributed by atoms with Crippen LogP contribution in [0.3, 0.4) is 0 Å². The zero-order valence-electron chi connectivity index (χ0n) is 13.4. The van der Waals surface area contributed by atoms with E-state index in [-0.39, 0.29) is 25.7 Å². The molecule has 0 aliphatic carbocycles. The van der Waals surface area contributed by atoms with Crippen molar-refractivity contribution >= 4 is 7.60 Å². The Labute approximate surface area is 141 Å². The molecule has 1 fully saturated rings. The normalized spacial score (nSPS) is 25.3. The molecule has 12 nitrogen and oxygen atoms in total.